The summed E-state index contributed by atoms with van der Waals surface area (Å²) in [5, 5.41) is 5.00. The Kier molecular flexibility index (Phi) is 4.96. The highest BCUT2D eigenvalue weighted by Gasteiger charge is 2.26. The van der Waals surface area contributed by atoms with Crippen LogP contribution in [0.5, 0.6) is 0 Å². The zero-order chi connectivity index (χ0) is 15.6. The zero-order valence-electron chi connectivity index (χ0n) is 11.8. The van der Waals surface area contributed by atoms with Crippen LogP contribution in [0, 0.1) is 0 Å². The van der Waals surface area contributed by atoms with Crippen LogP contribution in [0.2, 0.25) is 0 Å². The van der Waals surface area contributed by atoms with Crippen molar-refractivity contribution in [1.29, 1.82) is 0 Å². The van der Waals surface area contributed by atoms with Gasteiger partial charge >= 0.3 is 0 Å². The van der Waals surface area contributed by atoms with Gasteiger partial charge in [0.05, 0.1) is 9.79 Å². The molecule has 0 unspecified atom stereocenters. The first-order valence-corrected chi connectivity index (χ1v) is 9.18. The average molecular weight is 320 g/mol. The minimum absolute atomic E-state index is 0.117. The van der Waals surface area contributed by atoms with Gasteiger partial charge in [-0.1, -0.05) is 19.4 Å². The third kappa shape index (κ3) is 4.55. The van der Waals surface area contributed by atoms with Gasteiger partial charge in [0.2, 0.25) is 20.0 Å². The summed E-state index contributed by atoms with van der Waals surface area (Å²) >= 11 is 0. The lowest BCUT2D eigenvalue weighted by Crippen LogP contribution is -2.43. The van der Waals surface area contributed by atoms with E-state index in [9.17, 15) is 16.8 Å². The number of primary sulfonamides is 1. The monoisotopic (exact) mass is 320 g/mol. The van der Waals surface area contributed by atoms with Crippen molar-refractivity contribution in [1.82, 2.24) is 4.72 Å². The molecule has 0 bridgehead atoms. The predicted molar refractivity (Wildman–Crippen MR) is 77.1 cm³/mol. The van der Waals surface area contributed by atoms with Gasteiger partial charge < -0.3 is 0 Å². The molecule has 0 aliphatic carbocycles. The van der Waals surface area contributed by atoms with Crippen molar-refractivity contribution in [2.24, 2.45) is 5.14 Å². The summed E-state index contributed by atoms with van der Waals surface area (Å²) in [6.45, 7) is 5.51. The molecule has 20 heavy (non-hydrogen) atoms. The number of sulfonamides is 2. The molecule has 0 radical (unpaired) electrons. The molecule has 0 saturated carbocycles. The number of hydrogen-bond acceptors (Lipinski definition) is 4. The Bertz CT molecular complexity index is 679. The largest absolute Gasteiger partial charge is 0.241 e. The SMILES string of the molecule is CCCC(C)(C)NS(=O)(=O)c1cccc(S(N)(=O)=O)c1. The normalized spacial score (nSPS) is 13.4. The molecule has 1 aromatic carbocycles. The number of benzene rings is 1. The van der Waals surface area contributed by atoms with Gasteiger partial charge in [-0.25, -0.2) is 26.7 Å². The lowest BCUT2D eigenvalue weighted by Gasteiger charge is -2.25. The highest BCUT2D eigenvalue weighted by molar-refractivity contribution is 7.90. The number of rotatable bonds is 6. The third-order valence-electron chi connectivity index (χ3n) is 2.73. The van der Waals surface area contributed by atoms with Crippen LogP contribution in [-0.4, -0.2) is 22.4 Å². The molecule has 0 aliphatic rings. The van der Waals surface area contributed by atoms with Crippen molar-refractivity contribution in [3.8, 4) is 0 Å². The van der Waals surface area contributed by atoms with Gasteiger partial charge in [-0.15, -0.1) is 0 Å². The van der Waals surface area contributed by atoms with Gasteiger partial charge in [0.1, 0.15) is 0 Å². The third-order valence-corrected chi connectivity index (χ3v) is 5.34. The summed E-state index contributed by atoms with van der Waals surface area (Å²) in [6.07, 6.45) is 1.49. The van der Waals surface area contributed by atoms with Crippen LogP contribution in [0.3, 0.4) is 0 Å². The topological polar surface area (TPSA) is 106 Å². The fourth-order valence-corrected chi connectivity index (χ4v) is 4.04. The molecule has 0 aliphatic heterocycles. The van der Waals surface area contributed by atoms with Gasteiger partial charge in [-0.2, -0.15) is 0 Å². The molecule has 0 atom stereocenters. The van der Waals surface area contributed by atoms with E-state index < -0.39 is 25.6 Å². The molecular weight excluding hydrogens is 300 g/mol. The van der Waals surface area contributed by atoms with Crippen molar-refractivity contribution in [3.05, 3.63) is 24.3 Å². The van der Waals surface area contributed by atoms with Gasteiger partial charge in [0.15, 0.2) is 0 Å². The molecule has 0 saturated heterocycles. The second-order valence-corrected chi connectivity index (χ2v) is 8.50. The Morgan fingerprint density at radius 1 is 1.15 bits per heavy atom. The first-order chi connectivity index (χ1) is 8.98. The molecule has 1 rings (SSSR count). The van der Waals surface area contributed by atoms with Gasteiger partial charge in [-0.3, -0.25) is 0 Å². The Labute approximate surface area is 120 Å². The van der Waals surface area contributed by atoms with Crippen LogP contribution in [0.1, 0.15) is 33.6 Å². The van der Waals surface area contributed by atoms with Crippen LogP contribution in [0.25, 0.3) is 0 Å². The lowest BCUT2D eigenvalue weighted by molar-refractivity contribution is 0.417. The highest BCUT2D eigenvalue weighted by atomic mass is 32.2. The molecule has 0 heterocycles. The maximum absolute atomic E-state index is 12.3. The van der Waals surface area contributed by atoms with Crippen molar-refractivity contribution in [2.45, 2.75) is 48.9 Å². The molecule has 1 aromatic rings. The van der Waals surface area contributed by atoms with Crippen LogP contribution in [-0.2, 0) is 20.0 Å². The van der Waals surface area contributed by atoms with Crippen molar-refractivity contribution in [2.75, 3.05) is 0 Å². The smallest absolute Gasteiger partial charge is 0.225 e. The Balaban J connectivity index is 3.17. The van der Waals surface area contributed by atoms with E-state index in [1.807, 2.05) is 6.92 Å². The molecule has 6 nitrogen and oxygen atoms in total. The van der Waals surface area contributed by atoms with Crippen LogP contribution < -0.4 is 9.86 Å². The van der Waals surface area contributed by atoms with Crippen molar-refractivity contribution in [3.63, 3.8) is 0 Å². The van der Waals surface area contributed by atoms with E-state index in [-0.39, 0.29) is 9.79 Å². The van der Waals surface area contributed by atoms with Gasteiger partial charge in [0, 0.05) is 5.54 Å². The Morgan fingerprint density at radius 3 is 2.20 bits per heavy atom. The van der Waals surface area contributed by atoms with E-state index in [2.05, 4.69) is 4.72 Å². The number of nitrogens with one attached hydrogen (secondary N) is 1. The summed E-state index contributed by atoms with van der Waals surface area (Å²) in [4.78, 5) is -0.345. The zero-order valence-corrected chi connectivity index (χ0v) is 13.4. The second kappa shape index (κ2) is 5.80. The summed E-state index contributed by atoms with van der Waals surface area (Å²) in [7, 11) is -7.72. The summed E-state index contributed by atoms with van der Waals surface area (Å²) in [5.74, 6) is 0. The first-order valence-electron chi connectivity index (χ1n) is 6.15. The summed E-state index contributed by atoms with van der Waals surface area (Å²) in [6, 6.07) is 4.99. The standard InChI is InChI=1S/C12H20N2O4S2/c1-4-8-12(2,3)14-20(17,18)11-7-5-6-10(9-11)19(13,15)16/h5-7,9,14H,4,8H2,1-3H3,(H2,13,15,16). The van der Waals surface area contributed by atoms with E-state index in [1.54, 1.807) is 13.8 Å². The van der Waals surface area contributed by atoms with Crippen LogP contribution in [0.15, 0.2) is 34.1 Å². The van der Waals surface area contributed by atoms with Crippen molar-refractivity contribution < 1.29 is 16.8 Å². The van der Waals surface area contributed by atoms with E-state index in [4.69, 9.17) is 5.14 Å². The average Bonchev–Trinajstić information content (AvgIpc) is 2.26. The molecule has 3 N–H and O–H groups in total. The maximum Gasteiger partial charge on any atom is 0.241 e. The second-order valence-electron chi connectivity index (χ2n) is 5.26. The first kappa shape index (κ1) is 17.1. The molecule has 0 fully saturated rings. The summed E-state index contributed by atoms with van der Waals surface area (Å²) < 4.78 is 49.6. The van der Waals surface area contributed by atoms with Crippen LogP contribution in [0.4, 0.5) is 0 Å². The molecule has 0 spiro atoms. The van der Waals surface area contributed by atoms with Gasteiger partial charge in [0.25, 0.3) is 0 Å². The molecular formula is C12H20N2O4S2. The minimum atomic E-state index is -3.93. The molecule has 0 amide bonds. The molecule has 8 heteroatoms. The Hall–Kier alpha value is -0.960. The van der Waals surface area contributed by atoms with Gasteiger partial charge in [-0.05, 0) is 38.5 Å². The fraction of sp³-hybridized carbons (Fsp3) is 0.500. The Morgan fingerprint density at radius 2 is 1.70 bits per heavy atom. The predicted octanol–water partition coefficient (Wildman–Crippen LogP) is 1.19. The minimum Gasteiger partial charge on any atom is -0.225 e. The molecule has 114 valence electrons. The van der Waals surface area contributed by atoms with E-state index in [0.717, 1.165) is 12.5 Å². The van der Waals surface area contributed by atoms with E-state index in [0.29, 0.717) is 6.42 Å². The lowest BCUT2D eigenvalue weighted by atomic mass is 10.0. The summed E-state index contributed by atoms with van der Waals surface area (Å²) in [5.41, 5.74) is -0.606. The van der Waals surface area contributed by atoms with E-state index >= 15 is 0 Å². The number of hydrogen-bond donors (Lipinski definition) is 2. The quantitative estimate of drug-likeness (QED) is 0.821. The number of nitrogens with two attached hydrogens (primary N) is 1. The molecule has 0 aromatic heterocycles. The van der Waals surface area contributed by atoms with E-state index in [1.165, 1.54) is 18.2 Å². The highest BCUT2D eigenvalue weighted by Crippen LogP contribution is 2.19. The fourth-order valence-electron chi connectivity index (χ4n) is 1.92. The van der Waals surface area contributed by atoms with Crippen LogP contribution >= 0.6 is 0 Å². The maximum atomic E-state index is 12.3. The van der Waals surface area contributed by atoms with Crippen molar-refractivity contribution >= 4 is 20.0 Å².